The van der Waals surface area contributed by atoms with Crippen LogP contribution >= 0.6 is 0 Å². The third kappa shape index (κ3) is 5.50. The lowest BCUT2D eigenvalue weighted by atomic mass is 10.2. The van der Waals surface area contributed by atoms with E-state index in [2.05, 4.69) is 4.74 Å². The Kier molecular flexibility index (Phi) is 5.21. The zero-order chi connectivity index (χ0) is 16.4. The first kappa shape index (κ1) is 17.7. The molecule has 2 atom stereocenters. The van der Waals surface area contributed by atoms with Crippen LogP contribution in [-0.4, -0.2) is 63.0 Å². The number of carbonyl (C=O) groups is 2. The standard InChI is InChI=1S/C12H21NO7S/c1-12(2,3)19-11(15)13-7-8(20-21(5,16)17)6-9(13)10(14)18-4/h8-9H,6-7H2,1-5H3/t8-,9?/m1/s1. The van der Waals surface area contributed by atoms with E-state index in [0.29, 0.717) is 0 Å². The van der Waals surface area contributed by atoms with Crippen LogP contribution in [-0.2, 0) is 28.6 Å². The van der Waals surface area contributed by atoms with Crippen molar-refractivity contribution in [3.05, 3.63) is 0 Å². The first-order chi connectivity index (χ1) is 9.43. The number of methoxy groups -OCH3 is 1. The maximum absolute atomic E-state index is 12.1. The molecule has 0 N–H and O–H groups in total. The van der Waals surface area contributed by atoms with E-state index < -0.39 is 39.9 Å². The van der Waals surface area contributed by atoms with E-state index >= 15 is 0 Å². The number of nitrogens with zero attached hydrogens (tertiary/aromatic N) is 1. The summed E-state index contributed by atoms with van der Waals surface area (Å²) in [5.41, 5.74) is -0.729. The minimum absolute atomic E-state index is 0.0407. The van der Waals surface area contributed by atoms with Gasteiger partial charge in [0.05, 0.1) is 26.0 Å². The molecular weight excluding hydrogens is 302 g/mol. The average Bonchev–Trinajstić information content (AvgIpc) is 2.67. The van der Waals surface area contributed by atoms with Crippen molar-refractivity contribution < 1.29 is 31.7 Å². The Labute approximate surface area is 124 Å². The molecule has 1 saturated heterocycles. The Morgan fingerprint density at radius 1 is 1.24 bits per heavy atom. The SMILES string of the molecule is COC(=O)C1C[C@@H](OS(C)(=O)=O)CN1C(=O)OC(C)(C)C. The molecule has 1 rings (SSSR count). The number of esters is 1. The molecule has 0 bridgehead atoms. The van der Waals surface area contributed by atoms with Gasteiger partial charge in [0.25, 0.3) is 10.1 Å². The minimum Gasteiger partial charge on any atom is -0.467 e. The van der Waals surface area contributed by atoms with Crippen molar-refractivity contribution in [2.24, 2.45) is 0 Å². The highest BCUT2D eigenvalue weighted by Gasteiger charge is 2.43. The highest BCUT2D eigenvalue weighted by atomic mass is 32.2. The van der Waals surface area contributed by atoms with Crippen LogP contribution in [0.15, 0.2) is 0 Å². The molecule has 122 valence electrons. The molecule has 1 aliphatic rings. The molecule has 1 heterocycles. The molecule has 0 aliphatic carbocycles. The van der Waals surface area contributed by atoms with Crippen molar-refractivity contribution in [1.29, 1.82) is 0 Å². The highest BCUT2D eigenvalue weighted by Crippen LogP contribution is 2.25. The predicted molar refractivity (Wildman–Crippen MR) is 73.1 cm³/mol. The van der Waals surface area contributed by atoms with Gasteiger partial charge in [-0.1, -0.05) is 0 Å². The first-order valence-electron chi connectivity index (χ1n) is 6.38. The van der Waals surface area contributed by atoms with Crippen molar-refractivity contribution >= 4 is 22.2 Å². The molecule has 1 amide bonds. The van der Waals surface area contributed by atoms with E-state index in [1.54, 1.807) is 20.8 Å². The second-order valence-electron chi connectivity index (χ2n) is 5.83. The monoisotopic (exact) mass is 323 g/mol. The lowest BCUT2D eigenvalue weighted by molar-refractivity contribution is -0.145. The maximum Gasteiger partial charge on any atom is 0.411 e. The zero-order valence-electron chi connectivity index (χ0n) is 12.8. The summed E-state index contributed by atoms with van der Waals surface area (Å²) >= 11 is 0. The molecule has 0 saturated carbocycles. The van der Waals surface area contributed by atoms with Gasteiger partial charge < -0.3 is 9.47 Å². The fraction of sp³-hybridized carbons (Fsp3) is 0.833. The second-order valence-corrected chi connectivity index (χ2v) is 7.43. The average molecular weight is 323 g/mol. The van der Waals surface area contributed by atoms with Crippen molar-refractivity contribution in [2.75, 3.05) is 19.9 Å². The summed E-state index contributed by atoms with van der Waals surface area (Å²) in [7, 11) is -2.48. The van der Waals surface area contributed by atoms with Crippen molar-refractivity contribution in [3.8, 4) is 0 Å². The quantitative estimate of drug-likeness (QED) is 0.551. The molecule has 1 unspecified atom stereocenters. The number of amides is 1. The molecular formula is C12H21NO7S. The molecule has 0 aromatic heterocycles. The van der Waals surface area contributed by atoms with Gasteiger partial charge in [-0.25, -0.2) is 9.59 Å². The summed E-state index contributed by atoms with van der Waals surface area (Å²) in [6.45, 7) is 5.03. The number of ether oxygens (including phenoxy) is 2. The van der Waals surface area contributed by atoms with Crippen LogP contribution in [0.2, 0.25) is 0 Å². The predicted octanol–water partition coefficient (Wildman–Crippen LogP) is 0.514. The van der Waals surface area contributed by atoms with Gasteiger partial charge in [-0.05, 0) is 20.8 Å². The zero-order valence-corrected chi connectivity index (χ0v) is 13.6. The van der Waals surface area contributed by atoms with Gasteiger partial charge in [0.2, 0.25) is 0 Å². The lowest BCUT2D eigenvalue weighted by Crippen LogP contribution is -2.44. The fourth-order valence-electron chi connectivity index (χ4n) is 2.00. The number of likely N-dealkylation sites (tertiary alicyclic amines) is 1. The topological polar surface area (TPSA) is 99.2 Å². The fourth-order valence-corrected chi connectivity index (χ4v) is 2.63. The number of hydrogen-bond acceptors (Lipinski definition) is 7. The molecule has 0 spiro atoms. The van der Waals surface area contributed by atoms with Gasteiger partial charge in [0.1, 0.15) is 11.6 Å². The van der Waals surface area contributed by atoms with Gasteiger partial charge >= 0.3 is 12.1 Å². The molecule has 9 heteroatoms. The Hall–Kier alpha value is -1.35. The first-order valence-corrected chi connectivity index (χ1v) is 8.20. The number of hydrogen-bond donors (Lipinski definition) is 0. The third-order valence-corrected chi connectivity index (χ3v) is 3.30. The summed E-state index contributed by atoms with van der Waals surface area (Å²) in [6.07, 6.45) is -0.552. The molecule has 21 heavy (non-hydrogen) atoms. The Balaban J connectivity index is 2.88. The summed E-state index contributed by atoms with van der Waals surface area (Å²) in [5.74, 6) is -0.638. The highest BCUT2D eigenvalue weighted by molar-refractivity contribution is 7.86. The molecule has 0 radical (unpaired) electrons. The maximum atomic E-state index is 12.1. The van der Waals surface area contributed by atoms with Gasteiger partial charge in [-0.3, -0.25) is 9.08 Å². The largest absolute Gasteiger partial charge is 0.467 e. The Bertz CT molecular complexity index is 508. The summed E-state index contributed by atoms with van der Waals surface area (Å²) in [6, 6.07) is -0.920. The molecule has 0 aromatic carbocycles. The van der Waals surface area contributed by atoms with E-state index in [0.717, 1.165) is 11.2 Å². The van der Waals surface area contributed by atoms with E-state index in [1.165, 1.54) is 7.11 Å². The number of rotatable bonds is 3. The number of carbonyl (C=O) groups excluding carboxylic acids is 2. The van der Waals surface area contributed by atoms with Crippen LogP contribution in [0.5, 0.6) is 0 Å². The minimum atomic E-state index is -3.68. The van der Waals surface area contributed by atoms with Crippen LogP contribution < -0.4 is 0 Å². The summed E-state index contributed by atoms with van der Waals surface area (Å²) in [5, 5.41) is 0. The molecule has 8 nitrogen and oxygen atoms in total. The van der Waals surface area contributed by atoms with Crippen LogP contribution in [0, 0.1) is 0 Å². The van der Waals surface area contributed by atoms with Crippen molar-refractivity contribution in [2.45, 2.75) is 44.9 Å². The second kappa shape index (κ2) is 6.18. The smallest absolute Gasteiger partial charge is 0.411 e. The van der Waals surface area contributed by atoms with Gasteiger partial charge in [0, 0.05) is 6.42 Å². The van der Waals surface area contributed by atoms with Gasteiger partial charge in [-0.15, -0.1) is 0 Å². The molecule has 1 fully saturated rings. The Morgan fingerprint density at radius 2 is 1.81 bits per heavy atom. The van der Waals surface area contributed by atoms with E-state index in [1.807, 2.05) is 0 Å². The van der Waals surface area contributed by atoms with Gasteiger partial charge in [-0.2, -0.15) is 8.42 Å². The third-order valence-electron chi connectivity index (χ3n) is 2.67. The van der Waals surface area contributed by atoms with Crippen LogP contribution in [0.25, 0.3) is 0 Å². The van der Waals surface area contributed by atoms with Crippen LogP contribution in [0.3, 0.4) is 0 Å². The van der Waals surface area contributed by atoms with E-state index in [-0.39, 0.29) is 13.0 Å². The van der Waals surface area contributed by atoms with Crippen LogP contribution in [0.4, 0.5) is 4.79 Å². The molecule has 1 aliphatic heterocycles. The van der Waals surface area contributed by atoms with Crippen molar-refractivity contribution in [3.63, 3.8) is 0 Å². The molecule has 0 aromatic rings. The van der Waals surface area contributed by atoms with Gasteiger partial charge in [0.15, 0.2) is 0 Å². The van der Waals surface area contributed by atoms with Crippen molar-refractivity contribution in [1.82, 2.24) is 4.90 Å². The van der Waals surface area contributed by atoms with E-state index in [9.17, 15) is 18.0 Å². The van der Waals surface area contributed by atoms with Crippen LogP contribution in [0.1, 0.15) is 27.2 Å². The summed E-state index contributed by atoms with van der Waals surface area (Å²) < 4.78 is 37.0. The summed E-state index contributed by atoms with van der Waals surface area (Å²) in [4.78, 5) is 25.0. The lowest BCUT2D eigenvalue weighted by Gasteiger charge is -2.27. The normalized spacial score (nSPS) is 23.0. The Morgan fingerprint density at radius 3 is 2.24 bits per heavy atom. The van der Waals surface area contributed by atoms with E-state index in [4.69, 9.17) is 8.92 Å².